The number of hydrogen-bond acceptors (Lipinski definition) is 12. The van der Waals surface area contributed by atoms with Crippen LogP contribution in [0.4, 0.5) is 17.6 Å². The molecule has 0 atom stereocenters. The zero-order valence-corrected chi connectivity index (χ0v) is 22.6. The van der Waals surface area contributed by atoms with Crippen LogP contribution in [0.25, 0.3) is 0 Å². The summed E-state index contributed by atoms with van der Waals surface area (Å²) in [5.74, 6) is 1.31. The molecule has 212 valence electrons. The summed E-state index contributed by atoms with van der Waals surface area (Å²) in [6.45, 7) is 5.63. The molecule has 0 radical (unpaired) electrons. The Labute approximate surface area is 232 Å². The van der Waals surface area contributed by atoms with Crippen molar-refractivity contribution in [2.45, 2.75) is 0 Å². The second-order valence-electron chi connectivity index (χ2n) is 8.87. The SMILES string of the molecule is COc1ccc(OC)c(N2CCN(CCNc3nccc(C(=O)NCCNc4nccc(C(N)=O)n4)n3)CC2)c1. The molecule has 0 bridgehead atoms. The highest BCUT2D eigenvalue weighted by molar-refractivity contribution is 5.92. The largest absolute Gasteiger partial charge is 0.497 e. The molecule has 0 saturated carbocycles. The zero-order valence-electron chi connectivity index (χ0n) is 22.6. The van der Waals surface area contributed by atoms with Crippen LogP contribution >= 0.6 is 0 Å². The first-order valence-electron chi connectivity index (χ1n) is 12.9. The average molecular weight is 551 g/mol. The molecule has 3 aromatic rings. The number of carbonyl (C=O) groups excluding carboxylic acids is 2. The molecular formula is C26H34N10O4. The van der Waals surface area contributed by atoms with Crippen molar-refractivity contribution in [3.63, 3.8) is 0 Å². The number of primary amides is 1. The van der Waals surface area contributed by atoms with Crippen molar-refractivity contribution in [1.82, 2.24) is 30.2 Å². The van der Waals surface area contributed by atoms with E-state index in [0.717, 1.165) is 49.9 Å². The maximum atomic E-state index is 12.5. The monoisotopic (exact) mass is 550 g/mol. The van der Waals surface area contributed by atoms with Gasteiger partial charge in [-0.25, -0.2) is 19.9 Å². The zero-order chi connectivity index (χ0) is 28.3. The van der Waals surface area contributed by atoms with Gasteiger partial charge in [0.15, 0.2) is 0 Å². The second kappa shape index (κ2) is 13.9. The molecule has 2 aromatic heterocycles. The fourth-order valence-corrected chi connectivity index (χ4v) is 4.17. The minimum Gasteiger partial charge on any atom is -0.497 e. The van der Waals surface area contributed by atoms with Gasteiger partial charge in [-0.1, -0.05) is 0 Å². The van der Waals surface area contributed by atoms with Crippen molar-refractivity contribution in [1.29, 1.82) is 0 Å². The normalized spacial score (nSPS) is 13.4. The molecule has 40 heavy (non-hydrogen) atoms. The van der Waals surface area contributed by atoms with E-state index in [0.29, 0.717) is 25.6 Å². The number of methoxy groups -OCH3 is 2. The molecule has 0 spiro atoms. The van der Waals surface area contributed by atoms with E-state index in [1.54, 1.807) is 26.5 Å². The van der Waals surface area contributed by atoms with Crippen LogP contribution in [0.1, 0.15) is 21.0 Å². The van der Waals surface area contributed by atoms with Gasteiger partial charge < -0.3 is 36.1 Å². The van der Waals surface area contributed by atoms with E-state index in [-0.39, 0.29) is 23.2 Å². The first-order valence-corrected chi connectivity index (χ1v) is 12.9. The maximum Gasteiger partial charge on any atom is 0.270 e. The number of nitrogens with one attached hydrogen (secondary N) is 3. The van der Waals surface area contributed by atoms with Crippen molar-refractivity contribution in [2.75, 3.05) is 82.1 Å². The molecule has 0 aliphatic carbocycles. The Morgan fingerprint density at radius 2 is 1.55 bits per heavy atom. The van der Waals surface area contributed by atoms with E-state index >= 15 is 0 Å². The lowest BCUT2D eigenvalue weighted by Gasteiger charge is -2.36. The minimum atomic E-state index is -0.639. The average Bonchev–Trinajstić information content (AvgIpc) is 2.99. The summed E-state index contributed by atoms with van der Waals surface area (Å²) in [7, 11) is 3.34. The summed E-state index contributed by atoms with van der Waals surface area (Å²) in [5.41, 5.74) is 6.62. The van der Waals surface area contributed by atoms with Crippen molar-refractivity contribution < 1.29 is 19.1 Å². The number of benzene rings is 1. The molecule has 3 heterocycles. The highest BCUT2D eigenvalue weighted by Gasteiger charge is 2.20. The Morgan fingerprint density at radius 3 is 2.23 bits per heavy atom. The molecule has 1 aromatic carbocycles. The molecular weight excluding hydrogens is 516 g/mol. The van der Waals surface area contributed by atoms with Crippen LogP contribution in [-0.2, 0) is 0 Å². The molecule has 14 heteroatoms. The van der Waals surface area contributed by atoms with Crippen LogP contribution in [0.5, 0.6) is 11.5 Å². The van der Waals surface area contributed by atoms with E-state index in [4.69, 9.17) is 15.2 Å². The minimum absolute atomic E-state index is 0.110. The Hall–Kier alpha value is -4.72. The first kappa shape index (κ1) is 28.3. The Kier molecular flexibility index (Phi) is 9.83. The Bertz CT molecular complexity index is 1300. The molecule has 1 saturated heterocycles. The number of nitrogens with two attached hydrogens (primary N) is 1. The quantitative estimate of drug-likeness (QED) is 0.217. The Balaban J connectivity index is 1.18. The van der Waals surface area contributed by atoms with E-state index in [2.05, 4.69) is 45.7 Å². The van der Waals surface area contributed by atoms with Gasteiger partial charge in [0.2, 0.25) is 11.9 Å². The van der Waals surface area contributed by atoms with E-state index in [1.165, 1.54) is 12.3 Å². The van der Waals surface area contributed by atoms with Gasteiger partial charge in [0.1, 0.15) is 22.9 Å². The lowest BCUT2D eigenvalue weighted by molar-refractivity contribution is 0.0949. The van der Waals surface area contributed by atoms with Crippen LogP contribution in [0.3, 0.4) is 0 Å². The van der Waals surface area contributed by atoms with E-state index in [1.807, 2.05) is 18.2 Å². The topological polar surface area (TPSA) is 173 Å². The molecule has 1 aliphatic heterocycles. The Morgan fingerprint density at radius 1 is 0.875 bits per heavy atom. The highest BCUT2D eigenvalue weighted by atomic mass is 16.5. The van der Waals surface area contributed by atoms with Crippen LogP contribution < -0.4 is 36.1 Å². The van der Waals surface area contributed by atoms with E-state index < -0.39 is 5.91 Å². The summed E-state index contributed by atoms with van der Waals surface area (Å²) in [6, 6.07) is 8.81. The van der Waals surface area contributed by atoms with Crippen molar-refractivity contribution in [3.05, 3.63) is 54.1 Å². The van der Waals surface area contributed by atoms with E-state index in [9.17, 15) is 9.59 Å². The summed E-state index contributed by atoms with van der Waals surface area (Å²) >= 11 is 0. The standard InChI is InChI=1S/C26H34N10O4/c1-39-18-3-4-22(40-2)21(17-18)36-15-13-35(14-16-36)12-11-32-26-30-8-6-20(34-26)24(38)28-9-10-31-25-29-7-5-19(33-25)23(27)37/h3-8,17H,9-16H2,1-2H3,(H2,27,37)(H,28,38)(H,29,31,33)(H,30,32,34). The summed E-state index contributed by atoms with van der Waals surface area (Å²) < 4.78 is 10.9. The molecule has 1 fully saturated rings. The van der Waals surface area contributed by atoms with Gasteiger partial charge in [-0.3, -0.25) is 14.5 Å². The molecule has 4 rings (SSSR count). The first-order chi connectivity index (χ1) is 19.5. The number of anilines is 3. The summed E-state index contributed by atoms with van der Waals surface area (Å²) in [5, 5.41) is 8.91. The number of rotatable bonds is 13. The highest BCUT2D eigenvalue weighted by Crippen LogP contribution is 2.32. The number of hydrogen-bond donors (Lipinski definition) is 4. The number of amides is 2. The van der Waals surface area contributed by atoms with Gasteiger partial charge in [-0.05, 0) is 24.3 Å². The third-order valence-electron chi connectivity index (χ3n) is 6.30. The lowest BCUT2D eigenvalue weighted by Crippen LogP contribution is -2.47. The summed E-state index contributed by atoms with van der Waals surface area (Å²) in [6.07, 6.45) is 2.98. The third-order valence-corrected chi connectivity index (χ3v) is 6.30. The number of aromatic nitrogens is 4. The van der Waals surface area contributed by atoms with Gasteiger partial charge in [-0.2, -0.15) is 0 Å². The van der Waals surface area contributed by atoms with Crippen LogP contribution in [0.2, 0.25) is 0 Å². The fraction of sp³-hybridized carbons (Fsp3) is 0.385. The number of piperazine rings is 1. The predicted molar refractivity (Wildman–Crippen MR) is 150 cm³/mol. The smallest absolute Gasteiger partial charge is 0.270 e. The lowest BCUT2D eigenvalue weighted by atomic mass is 10.2. The van der Waals surface area contributed by atoms with Crippen molar-refractivity contribution in [3.8, 4) is 11.5 Å². The molecule has 0 unspecified atom stereocenters. The summed E-state index contributed by atoms with van der Waals surface area (Å²) in [4.78, 5) is 45.0. The predicted octanol–water partition coefficient (Wildman–Crippen LogP) is 0.459. The van der Waals surface area contributed by atoms with Gasteiger partial charge in [0.05, 0.1) is 19.9 Å². The van der Waals surface area contributed by atoms with Crippen molar-refractivity contribution in [2.24, 2.45) is 5.73 Å². The van der Waals surface area contributed by atoms with Crippen LogP contribution in [0.15, 0.2) is 42.7 Å². The number of carbonyl (C=O) groups is 2. The van der Waals surface area contributed by atoms with Gasteiger partial charge in [-0.15, -0.1) is 0 Å². The van der Waals surface area contributed by atoms with Crippen LogP contribution in [-0.4, -0.2) is 103 Å². The fourth-order valence-electron chi connectivity index (χ4n) is 4.17. The van der Waals surface area contributed by atoms with Gasteiger partial charge in [0, 0.05) is 70.8 Å². The molecule has 2 amide bonds. The second-order valence-corrected chi connectivity index (χ2v) is 8.87. The maximum absolute atomic E-state index is 12.5. The molecule has 5 N–H and O–H groups in total. The third kappa shape index (κ3) is 7.66. The van der Waals surface area contributed by atoms with Gasteiger partial charge >= 0.3 is 0 Å². The van der Waals surface area contributed by atoms with Crippen molar-refractivity contribution >= 4 is 29.4 Å². The van der Waals surface area contributed by atoms with Crippen LogP contribution in [0, 0.1) is 0 Å². The number of ether oxygens (including phenoxy) is 2. The molecule has 1 aliphatic rings. The number of nitrogens with zero attached hydrogens (tertiary/aromatic N) is 6. The van der Waals surface area contributed by atoms with Gasteiger partial charge in [0.25, 0.3) is 11.8 Å². The molecule has 14 nitrogen and oxygen atoms in total.